The molecular weight excluding hydrogens is 378 g/mol. The van der Waals surface area contributed by atoms with E-state index < -0.39 is 0 Å². The van der Waals surface area contributed by atoms with Gasteiger partial charge >= 0.3 is 0 Å². The number of anilines is 3. The molecule has 2 saturated heterocycles. The molecule has 2 aromatic rings. The molecule has 4 rings (SSSR count). The molecule has 4 heterocycles. The predicted octanol–water partition coefficient (Wildman–Crippen LogP) is 3.58. The van der Waals surface area contributed by atoms with Gasteiger partial charge in [0.05, 0.1) is 29.7 Å². The molecule has 1 amide bonds. The molecule has 0 bridgehead atoms. The van der Waals surface area contributed by atoms with Gasteiger partial charge in [0.1, 0.15) is 11.6 Å². The van der Waals surface area contributed by atoms with Crippen molar-refractivity contribution in [2.45, 2.75) is 45.8 Å². The van der Waals surface area contributed by atoms with Crippen LogP contribution in [0.2, 0.25) is 0 Å². The highest BCUT2D eigenvalue weighted by Crippen LogP contribution is 2.22. The van der Waals surface area contributed by atoms with Gasteiger partial charge in [-0.15, -0.1) is 0 Å². The van der Waals surface area contributed by atoms with Crippen molar-refractivity contribution in [1.29, 1.82) is 0 Å². The molecule has 160 valence electrons. The lowest BCUT2D eigenvalue weighted by molar-refractivity contribution is -0.00545. The third kappa shape index (κ3) is 4.90. The van der Waals surface area contributed by atoms with E-state index in [4.69, 9.17) is 4.74 Å². The summed E-state index contributed by atoms with van der Waals surface area (Å²) in [6.45, 7) is 10.1. The Balaban J connectivity index is 1.35. The Hall–Kier alpha value is -2.67. The number of piperidine rings is 1. The van der Waals surface area contributed by atoms with E-state index in [9.17, 15) is 4.79 Å². The lowest BCUT2D eigenvalue weighted by Crippen LogP contribution is -2.45. The number of ether oxygens (including phenoxy) is 1. The Bertz CT molecular complexity index is 837. The highest BCUT2D eigenvalue weighted by Gasteiger charge is 2.23. The van der Waals surface area contributed by atoms with Crippen LogP contribution < -0.4 is 15.1 Å². The third-order valence-electron chi connectivity index (χ3n) is 5.87. The molecule has 2 aliphatic heterocycles. The fourth-order valence-electron chi connectivity index (χ4n) is 4.16. The molecule has 0 radical (unpaired) electrons. The first kappa shape index (κ1) is 20.6. The molecule has 2 aliphatic rings. The number of pyridine rings is 2. The van der Waals surface area contributed by atoms with E-state index in [0.29, 0.717) is 11.3 Å². The van der Waals surface area contributed by atoms with E-state index in [1.807, 2.05) is 24.3 Å². The summed E-state index contributed by atoms with van der Waals surface area (Å²) in [4.78, 5) is 26.1. The SMILES string of the molecule is CC1CCN(c2ccc(C(=O)Nc3ccc(N4CC(C)OC(C)C4)nc3)cn2)CC1. The zero-order valence-corrected chi connectivity index (χ0v) is 18.0. The number of nitrogens with one attached hydrogen (secondary N) is 1. The number of nitrogens with zero attached hydrogens (tertiary/aromatic N) is 4. The maximum Gasteiger partial charge on any atom is 0.257 e. The second kappa shape index (κ2) is 9.00. The number of carbonyl (C=O) groups is 1. The standard InChI is InChI=1S/C23H31N5O2/c1-16-8-10-27(11-9-16)21-6-4-19(12-24-21)23(29)26-20-5-7-22(25-13-20)28-14-17(2)30-18(3)15-28/h4-7,12-13,16-18H,8-11,14-15H2,1-3H3,(H,26,29). The van der Waals surface area contributed by atoms with Crippen molar-refractivity contribution in [3.63, 3.8) is 0 Å². The summed E-state index contributed by atoms with van der Waals surface area (Å²) in [5.74, 6) is 2.45. The first-order chi connectivity index (χ1) is 14.5. The summed E-state index contributed by atoms with van der Waals surface area (Å²) in [6.07, 6.45) is 6.09. The van der Waals surface area contributed by atoms with Crippen molar-refractivity contribution in [3.05, 3.63) is 42.2 Å². The van der Waals surface area contributed by atoms with Gasteiger partial charge in [-0.05, 0) is 56.9 Å². The summed E-state index contributed by atoms with van der Waals surface area (Å²) in [5.41, 5.74) is 1.22. The van der Waals surface area contributed by atoms with Crippen LogP contribution in [0.4, 0.5) is 17.3 Å². The van der Waals surface area contributed by atoms with Gasteiger partial charge in [0, 0.05) is 32.4 Å². The maximum absolute atomic E-state index is 12.6. The van der Waals surface area contributed by atoms with E-state index in [0.717, 1.165) is 43.7 Å². The number of rotatable bonds is 4. The van der Waals surface area contributed by atoms with Crippen LogP contribution in [0.15, 0.2) is 36.7 Å². The van der Waals surface area contributed by atoms with Crippen molar-refractivity contribution in [2.24, 2.45) is 5.92 Å². The molecule has 0 aliphatic carbocycles. The second-order valence-corrected chi connectivity index (χ2v) is 8.60. The molecule has 0 aromatic carbocycles. The lowest BCUT2D eigenvalue weighted by atomic mass is 9.99. The molecule has 0 saturated carbocycles. The minimum Gasteiger partial charge on any atom is -0.372 e. The maximum atomic E-state index is 12.6. The smallest absolute Gasteiger partial charge is 0.257 e. The fourth-order valence-corrected chi connectivity index (χ4v) is 4.16. The van der Waals surface area contributed by atoms with Crippen LogP contribution in [0.1, 0.15) is 44.0 Å². The van der Waals surface area contributed by atoms with Crippen molar-refractivity contribution >= 4 is 23.2 Å². The van der Waals surface area contributed by atoms with Gasteiger partial charge in [-0.25, -0.2) is 9.97 Å². The molecular formula is C23H31N5O2. The van der Waals surface area contributed by atoms with Crippen LogP contribution in [-0.2, 0) is 4.74 Å². The molecule has 7 heteroatoms. The molecule has 0 spiro atoms. The van der Waals surface area contributed by atoms with Gasteiger partial charge in [-0.1, -0.05) is 6.92 Å². The first-order valence-corrected chi connectivity index (χ1v) is 10.9. The zero-order chi connectivity index (χ0) is 21.1. The quantitative estimate of drug-likeness (QED) is 0.832. The van der Waals surface area contributed by atoms with Crippen molar-refractivity contribution in [1.82, 2.24) is 9.97 Å². The average molecular weight is 410 g/mol. The first-order valence-electron chi connectivity index (χ1n) is 10.9. The van der Waals surface area contributed by atoms with E-state index in [2.05, 4.69) is 45.9 Å². The number of morpholine rings is 1. The summed E-state index contributed by atoms with van der Waals surface area (Å²) in [6, 6.07) is 7.61. The number of aromatic nitrogens is 2. The summed E-state index contributed by atoms with van der Waals surface area (Å²) < 4.78 is 5.78. The summed E-state index contributed by atoms with van der Waals surface area (Å²) in [7, 11) is 0. The summed E-state index contributed by atoms with van der Waals surface area (Å²) >= 11 is 0. The third-order valence-corrected chi connectivity index (χ3v) is 5.87. The monoisotopic (exact) mass is 409 g/mol. The van der Waals surface area contributed by atoms with Crippen LogP contribution in [0.3, 0.4) is 0 Å². The molecule has 2 aromatic heterocycles. The predicted molar refractivity (Wildman–Crippen MR) is 119 cm³/mol. The Kier molecular flexibility index (Phi) is 6.18. The van der Waals surface area contributed by atoms with Gasteiger partial charge in [-0.3, -0.25) is 4.79 Å². The second-order valence-electron chi connectivity index (χ2n) is 8.60. The van der Waals surface area contributed by atoms with E-state index in [1.54, 1.807) is 12.4 Å². The lowest BCUT2D eigenvalue weighted by Gasteiger charge is -2.36. The Labute approximate surface area is 178 Å². The van der Waals surface area contributed by atoms with Crippen LogP contribution in [-0.4, -0.2) is 54.3 Å². The fraction of sp³-hybridized carbons (Fsp3) is 0.522. The minimum absolute atomic E-state index is 0.176. The minimum atomic E-state index is -0.176. The Morgan fingerprint density at radius 2 is 1.57 bits per heavy atom. The molecule has 2 fully saturated rings. The van der Waals surface area contributed by atoms with Gasteiger partial charge in [-0.2, -0.15) is 0 Å². The van der Waals surface area contributed by atoms with Gasteiger partial charge in [0.15, 0.2) is 0 Å². The van der Waals surface area contributed by atoms with E-state index in [1.165, 1.54) is 12.8 Å². The number of hydrogen-bond donors (Lipinski definition) is 1. The van der Waals surface area contributed by atoms with E-state index in [-0.39, 0.29) is 18.1 Å². The Morgan fingerprint density at radius 1 is 0.933 bits per heavy atom. The van der Waals surface area contributed by atoms with Crippen molar-refractivity contribution in [2.75, 3.05) is 41.3 Å². The molecule has 7 nitrogen and oxygen atoms in total. The van der Waals surface area contributed by atoms with E-state index >= 15 is 0 Å². The highest BCUT2D eigenvalue weighted by molar-refractivity contribution is 6.04. The molecule has 2 atom stereocenters. The normalized spacial score (nSPS) is 22.8. The van der Waals surface area contributed by atoms with Gasteiger partial charge < -0.3 is 19.9 Å². The number of amides is 1. The zero-order valence-electron chi connectivity index (χ0n) is 18.0. The molecule has 30 heavy (non-hydrogen) atoms. The van der Waals surface area contributed by atoms with Crippen LogP contribution in [0, 0.1) is 5.92 Å². The van der Waals surface area contributed by atoms with Gasteiger partial charge in [0.2, 0.25) is 0 Å². The van der Waals surface area contributed by atoms with Crippen LogP contribution in [0.25, 0.3) is 0 Å². The Morgan fingerprint density at radius 3 is 2.17 bits per heavy atom. The number of carbonyl (C=O) groups excluding carboxylic acids is 1. The highest BCUT2D eigenvalue weighted by atomic mass is 16.5. The average Bonchev–Trinajstić information content (AvgIpc) is 2.74. The van der Waals surface area contributed by atoms with Crippen molar-refractivity contribution < 1.29 is 9.53 Å². The van der Waals surface area contributed by atoms with Crippen molar-refractivity contribution in [3.8, 4) is 0 Å². The van der Waals surface area contributed by atoms with Crippen LogP contribution in [0.5, 0.6) is 0 Å². The summed E-state index contributed by atoms with van der Waals surface area (Å²) in [5, 5.41) is 2.91. The van der Waals surface area contributed by atoms with Gasteiger partial charge in [0.25, 0.3) is 5.91 Å². The largest absolute Gasteiger partial charge is 0.372 e. The number of hydrogen-bond acceptors (Lipinski definition) is 6. The molecule has 1 N–H and O–H groups in total. The van der Waals surface area contributed by atoms with Crippen LogP contribution >= 0.6 is 0 Å². The molecule has 2 unspecified atom stereocenters. The topological polar surface area (TPSA) is 70.6 Å².